The standard InChI is InChI=1S/C18H33N5/c1-4-19-18(21-14-17-9-13-22(3)15-17)20-10-7-12-23-11-6-5-8-16(23)2/h9,13,15-16H,4-8,10-12,14H2,1-3H3,(H2,19,20,21). The van der Waals surface area contributed by atoms with Gasteiger partial charge in [-0.05, 0) is 51.3 Å². The molecular weight excluding hydrogens is 286 g/mol. The minimum absolute atomic E-state index is 0.722. The average Bonchev–Trinajstić information content (AvgIpc) is 2.96. The highest BCUT2D eigenvalue weighted by Gasteiger charge is 2.17. The summed E-state index contributed by atoms with van der Waals surface area (Å²) in [5.41, 5.74) is 1.24. The maximum atomic E-state index is 4.66. The van der Waals surface area contributed by atoms with Gasteiger partial charge in [-0.2, -0.15) is 0 Å². The Bertz CT molecular complexity index is 480. The number of hydrogen-bond acceptors (Lipinski definition) is 2. The summed E-state index contributed by atoms with van der Waals surface area (Å²) < 4.78 is 2.06. The summed E-state index contributed by atoms with van der Waals surface area (Å²) in [7, 11) is 2.04. The van der Waals surface area contributed by atoms with Crippen molar-refractivity contribution in [1.82, 2.24) is 20.1 Å². The highest BCUT2D eigenvalue weighted by atomic mass is 15.2. The molecule has 1 aromatic heterocycles. The summed E-state index contributed by atoms with van der Waals surface area (Å²) in [5.74, 6) is 0.919. The largest absolute Gasteiger partial charge is 0.357 e. The van der Waals surface area contributed by atoms with Crippen LogP contribution in [-0.4, -0.2) is 47.6 Å². The van der Waals surface area contributed by atoms with Crippen molar-refractivity contribution in [3.8, 4) is 0 Å². The van der Waals surface area contributed by atoms with Crippen LogP contribution in [0, 0.1) is 0 Å². The summed E-state index contributed by atoms with van der Waals surface area (Å²) >= 11 is 0. The first-order chi connectivity index (χ1) is 11.2. The Labute approximate surface area is 141 Å². The molecule has 23 heavy (non-hydrogen) atoms. The van der Waals surface area contributed by atoms with E-state index in [4.69, 9.17) is 0 Å². The quantitative estimate of drug-likeness (QED) is 0.461. The first-order valence-corrected chi connectivity index (χ1v) is 9.06. The van der Waals surface area contributed by atoms with E-state index in [1.54, 1.807) is 0 Å². The molecule has 1 unspecified atom stereocenters. The van der Waals surface area contributed by atoms with E-state index in [1.165, 1.54) is 44.3 Å². The van der Waals surface area contributed by atoms with Gasteiger partial charge >= 0.3 is 0 Å². The van der Waals surface area contributed by atoms with Gasteiger partial charge in [-0.15, -0.1) is 0 Å². The van der Waals surface area contributed by atoms with Crippen LogP contribution in [0.25, 0.3) is 0 Å². The molecule has 0 spiro atoms. The molecular formula is C18H33N5. The van der Waals surface area contributed by atoms with Crippen LogP contribution in [-0.2, 0) is 13.6 Å². The van der Waals surface area contributed by atoms with Crippen LogP contribution in [0.1, 0.15) is 45.1 Å². The Morgan fingerprint density at radius 1 is 1.35 bits per heavy atom. The van der Waals surface area contributed by atoms with Crippen molar-refractivity contribution < 1.29 is 0 Å². The molecule has 1 atom stereocenters. The maximum absolute atomic E-state index is 4.66. The Morgan fingerprint density at radius 3 is 2.91 bits per heavy atom. The molecule has 0 aromatic carbocycles. The van der Waals surface area contributed by atoms with Crippen LogP contribution in [0.2, 0.25) is 0 Å². The van der Waals surface area contributed by atoms with Gasteiger partial charge < -0.3 is 20.1 Å². The average molecular weight is 319 g/mol. The van der Waals surface area contributed by atoms with Gasteiger partial charge in [0.1, 0.15) is 0 Å². The monoisotopic (exact) mass is 319 g/mol. The van der Waals surface area contributed by atoms with E-state index < -0.39 is 0 Å². The van der Waals surface area contributed by atoms with E-state index in [9.17, 15) is 0 Å². The van der Waals surface area contributed by atoms with Crippen LogP contribution in [0.4, 0.5) is 0 Å². The van der Waals surface area contributed by atoms with Crippen LogP contribution < -0.4 is 10.6 Å². The first-order valence-electron chi connectivity index (χ1n) is 9.06. The lowest BCUT2D eigenvalue weighted by molar-refractivity contribution is 0.159. The lowest BCUT2D eigenvalue weighted by atomic mass is 10.0. The predicted molar refractivity (Wildman–Crippen MR) is 97.7 cm³/mol. The Balaban J connectivity index is 1.71. The van der Waals surface area contributed by atoms with Crippen molar-refractivity contribution in [3.63, 3.8) is 0 Å². The molecule has 0 saturated carbocycles. The third kappa shape index (κ3) is 6.26. The van der Waals surface area contributed by atoms with E-state index in [2.05, 4.69) is 57.4 Å². The van der Waals surface area contributed by atoms with E-state index in [0.29, 0.717) is 0 Å². The normalized spacial score (nSPS) is 19.8. The van der Waals surface area contributed by atoms with Crippen molar-refractivity contribution in [3.05, 3.63) is 24.0 Å². The van der Waals surface area contributed by atoms with Gasteiger partial charge in [0.25, 0.3) is 0 Å². The minimum atomic E-state index is 0.722. The summed E-state index contributed by atoms with van der Waals surface area (Å²) in [6.45, 7) is 9.51. The molecule has 1 aliphatic heterocycles. The lowest BCUT2D eigenvalue weighted by Crippen LogP contribution is -2.41. The highest BCUT2D eigenvalue weighted by molar-refractivity contribution is 5.79. The van der Waals surface area contributed by atoms with Crippen LogP contribution in [0.5, 0.6) is 0 Å². The van der Waals surface area contributed by atoms with Crippen molar-refractivity contribution in [1.29, 1.82) is 0 Å². The molecule has 0 radical (unpaired) electrons. The molecule has 1 saturated heterocycles. The number of nitrogens with one attached hydrogen (secondary N) is 2. The zero-order valence-electron chi connectivity index (χ0n) is 15.0. The second kappa shape index (κ2) is 9.60. The third-order valence-corrected chi connectivity index (χ3v) is 4.51. The molecule has 5 heteroatoms. The molecule has 2 rings (SSSR count). The number of aryl methyl sites for hydroxylation is 1. The van der Waals surface area contributed by atoms with E-state index >= 15 is 0 Å². The van der Waals surface area contributed by atoms with Gasteiger partial charge in [0.05, 0.1) is 6.54 Å². The Kier molecular flexibility index (Phi) is 7.46. The second-order valence-corrected chi connectivity index (χ2v) is 6.54. The number of likely N-dealkylation sites (tertiary alicyclic amines) is 1. The molecule has 0 aliphatic carbocycles. The lowest BCUT2D eigenvalue weighted by Gasteiger charge is -2.33. The maximum Gasteiger partial charge on any atom is 0.191 e. The smallest absolute Gasteiger partial charge is 0.191 e. The second-order valence-electron chi connectivity index (χ2n) is 6.54. The number of hydrogen-bond donors (Lipinski definition) is 2. The molecule has 130 valence electrons. The summed E-state index contributed by atoms with van der Waals surface area (Å²) in [5, 5.41) is 6.78. The van der Waals surface area contributed by atoms with Gasteiger partial charge in [0.2, 0.25) is 0 Å². The number of piperidine rings is 1. The van der Waals surface area contributed by atoms with Gasteiger partial charge in [-0.25, -0.2) is 4.99 Å². The Hall–Kier alpha value is -1.49. The van der Waals surface area contributed by atoms with E-state index in [1.807, 2.05) is 7.05 Å². The fourth-order valence-electron chi connectivity index (χ4n) is 3.15. The topological polar surface area (TPSA) is 44.6 Å². The number of aliphatic imine (C=N–C) groups is 1. The van der Waals surface area contributed by atoms with Crippen molar-refractivity contribution in [2.45, 2.75) is 52.1 Å². The summed E-state index contributed by atoms with van der Waals surface area (Å²) in [4.78, 5) is 7.29. The van der Waals surface area contributed by atoms with Crippen molar-refractivity contribution >= 4 is 5.96 Å². The zero-order chi connectivity index (χ0) is 16.5. The number of guanidine groups is 1. The molecule has 5 nitrogen and oxygen atoms in total. The zero-order valence-corrected chi connectivity index (χ0v) is 15.0. The number of nitrogens with zero attached hydrogens (tertiary/aromatic N) is 3. The predicted octanol–water partition coefficient (Wildman–Crippen LogP) is 2.34. The van der Waals surface area contributed by atoms with Gasteiger partial charge in [-0.3, -0.25) is 0 Å². The van der Waals surface area contributed by atoms with Crippen molar-refractivity contribution in [2.24, 2.45) is 12.0 Å². The molecule has 2 N–H and O–H groups in total. The van der Waals surface area contributed by atoms with Crippen LogP contribution in [0.3, 0.4) is 0 Å². The highest BCUT2D eigenvalue weighted by Crippen LogP contribution is 2.15. The fraction of sp³-hybridized carbons (Fsp3) is 0.722. The van der Waals surface area contributed by atoms with E-state index in [0.717, 1.165) is 31.6 Å². The summed E-state index contributed by atoms with van der Waals surface area (Å²) in [6, 6.07) is 2.87. The molecule has 1 fully saturated rings. The molecule has 1 aliphatic rings. The van der Waals surface area contributed by atoms with Gasteiger partial charge in [0.15, 0.2) is 5.96 Å². The van der Waals surface area contributed by atoms with Gasteiger partial charge in [0, 0.05) is 45.1 Å². The molecule has 1 aromatic rings. The van der Waals surface area contributed by atoms with E-state index in [-0.39, 0.29) is 0 Å². The third-order valence-electron chi connectivity index (χ3n) is 4.51. The Morgan fingerprint density at radius 2 is 2.22 bits per heavy atom. The molecule has 0 bridgehead atoms. The molecule has 2 heterocycles. The van der Waals surface area contributed by atoms with Crippen LogP contribution in [0.15, 0.2) is 23.5 Å². The molecule has 0 amide bonds. The first kappa shape index (κ1) is 17.9. The SMILES string of the molecule is CCNC(=NCc1ccn(C)c1)NCCCN1CCCCC1C. The number of rotatable bonds is 7. The van der Waals surface area contributed by atoms with Crippen LogP contribution >= 0.6 is 0 Å². The fourth-order valence-corrected chi connectivity index (χ4v) is 3.15. The minimum Gasteiger partial charge on any atom is -0.357 e. The number of aromatic nitrogens is 1. The summed E-state index contributed by atoms with van der Waals surface area (Å²) in [6.07, 6.45) is 9.45. The van der Waals surface area contributed by atoms with Gasteiger partial charge in [-0.1, -0.05) is 6.42 Å². The van der Waals surface area contributed by atoms with Crippen molar-refractivity contribution in [2.75, 3.05) is 26.2 Å².